The Labute approximate surface area is 119 Å². The molecule has 104 valence electrons. The Bertz CT molecular complexity index is 789. The van der Waals surface area contributed by atoms with E-state index in [1.54, 1.807) is 18.2 Å². The van der Waals surface area contributed by atoms with Gasteiger partial charge in [-0.3, -0.25) is 4.79 Å². The summed E-state index contributed by atoms with van der Waals surface area (Å²) in [5.74, 6) is -1.13. The molecule has 0 radical (unpaired) electrons. The summed E-state index contributed by atoms with van der Waals surface area (Å²) in [4.78, 5) is 23.3. The van der Waals surface area contributed by atoms with Crippen LogP contribution in [-0.2, 0) is 0 Å². The van der Waals surface area contributed by atoms with Crippen molar-refractivity contribution < 1.29 is 24.5 Å². The van der Waals surface area contributed by atoms with E-state index in [0.29, 0.717) is 11.1 Å². The number of Topliss-reactive ketones (excluding diaryl/α,β-unsaturated/α-hetero) is 1. The molecule has 0 saturated heterocycles. The van der Waals surface area contributed by atoms with Gasteiger partial charge < -0.3 is 14.9 Å². The SMILES string of the molecule is O=C(O)c1ccccc1/C=C1\Oc2cc(O)ccc2C1=O. The molecule has 0 saturated carbocycles. The number of fused-ring (bicyclic) bond motifs is 1. The summed E-state index contributed by atoms with van der Waals surface area (Å²) < 4.78 is 5.40. The van der Waals surface area contributed by atoms with Gasteiger partial charge in [-0.05, 0) is 29.8 Å². The fourth-order valence-electron chi connectivity index (χ4n) is 2.13. The summed E-state index contributed by atoms with van der Waals surface area (Å²) in [5.41, 5.74) is 0.803. The van der Waals surface area contributed by atoms with E-state index in [-0.39, 0.29) is 28.6 Å². The molecule has 3 rings (SSSR count). The molecule has 0 atom stereocenters. The number of carbonyl (C=O) groups is 2. The maximum Gasteiger partial charge on any atom is 0.336 e. The van der Waals surface area contributed by atoms with Crippen LogP contribution in [-0.4, -0.2) is 22.0 Å². The summed E-state index contributed by atoms with van der Waals surface area (Å²) >= 11 is 0. The normalized spacial score (nSPS) is 14.9. The number of ether oxygens (including phenoxy) is 1. The Balaban J connectivity index is 2.04. The first-order valence-electron chi connectivity index (χ1n) is 6.16. The highest BCUT2D eigenvalue weighted by atomic mass is 16.5. The molecule has 1 aliphatic heterocycles. The van der Waals surface area contributed by atoms with Crippen LogP contribution in [0.5, 0.6) is 11.5 Å². The van der Waals surface area contributed by atoms with E-state index in [4.69, 9.17) is 9.84 Å². The van der Waals surface area contributed by atoms with E-state index in [1.165, 1.54) is 30.3 Å². The number of aromatic hydroxyl groups is 1. The second-order valence-electron chi connectivity index (χ2n) is 4.51. The van der Waals surface area contributed by atoms with Crippen LogP contribution in [0.4, 0.5) is 0 Å². The summed E-state index contributed by atoms with van der Waals surface area (Å²) in [6, 6.07) is 10.5. The van der Waals surface area contributed by atoms with Crippen molar-refractivity contribution >= 4 is 17.8 Å². The molecular formula is C16H10O5. The van der Waals surface area contributed by atoms with Gasteiger partial charge in [-0.15, -0.1) is 0 Å². The number of rotatable bonds is 2. The van der Waals surface area contributed by atoms with Gasteiger partial charge >= 0.3 is 5.97 Å². The molecule has 0 unspecified atom stereocenters. The maximum atomic E-state index is 12.2. The third kappa shape index (κ3) is 2.25. The van der Waals surface area contributed by atoms with Crippen LogP contribution in [0.25, 0.3) is 6.08 Å². The van der Waals surface area contributed by atoms with Gasteiger partial charge in [0.05, 0.1) is 11.1 Å². The maximum absolute atomic E-state index is 12.2. The predicted molar refractivity (Wildman–Crippen MR) is 74.4 cm³/mol. The number of hydrogen-bond acceptors (Lipinski definition) is 4. The van der Waals surface area contributed by atoms with Crippen LogP contribution in [0.1, 0.15) is 26.3 Å². The Hall–Kier alpha value is -3.08. The number of phenolic OH excluding ortho intramolecular Hbond substituents is 1. The van der Waals surface area contributed by atoms with Crippen molar-refractivity contribution in [1.29, 1.82) is 0 Å². The van der Waals surface area contributed by atoms with Crippen LogP contribution in [0.15, 0.2) is 48.2 Å². The molecule has 2 N–H and O–H groups in total. The second-order valence-corrected chi connectivity index (χ2v) is 4.51. The highest BCUT2D eigenvalue weighted by Gasteiger charge is 2.27. The average Bonchev–Trinajstić information content (AvgIpc) is 2.75. The molecule has 0 spiro atoms. The van der Waals surface area contributed by atoms with Gasteiger partial charge in [0.25, 0.3) is 0 Å². The third-order valence-electron chi connectivity index (χ3n) is 3.13. The summed E-state index contributed by atoms with van der Waals surface area (Å²) in [5, 5.41) is 18.5. The highest BCUT2D eigenvalue weighted by molar-refractivity contribution is 6.15. The molecule has 1 heterocycles. The molecule has 2 aromatic rings. The number of phenols is 1. The molecule has 5 nitrogen and oxygen atoms in total. The van der Waals surface area contributed by atoms with E-state index < -0.39 is 5.97 Å². The lowest BCUT2D eigenvalue weighted by Gasteiger charge is -2.02. The van der Waals surface area contributed by atoms with E-state index in [9.17, 15) is 14.7 Å². The standard InChI is InChI=1S/C16H10O5/c17-10-5-6-12-13(8-10)21-14(15(12)18)7-9-3-1-2-4-11(9)16(19)20/h1-8,17H,(H,19,20)/b14-7-. The minimum atomic E-state index is -1.08. The fraction of sp³-hybridized carbons (Fsp3) is 0. The summed E-state index contributed by atoms with van der Waals surface area (Å²) in [6.07, 6.45) is 1.39. The van der Waals surface area contributed by atoms with Crippen LogP contribution in [0.3, 0.4) is 0 Å². The molecule has 2 aromatic carbocycles. The Morgan fingerprint density at radius 2 is 1.90 bits per heavy atom. The molecule has 0 bridgehead atoms. The number of hydrogen-bond donors (Lipinski definition) is 2. The fourth-order valence-corrected chi connectivity index (χ4v) is 2.13. The van der Waals surface area contributed by atoms with E-state index in [2.05, 4.69) is 0 Å². The Kier molecular flexibility index (Phi) is 2.95. The topological polar surface area (TPSA) is 83.8 Å². The molecule has 21 heavy (non-hydrogen) atoms. The molecule has 0 aromatic heterocycles. The van der Waals surface area contributed by atoms with Crippen molar-refractivity contribution in [1.82, 2.24) is 0 Å². The van der Waals surface area contributed by atoms with E-state index >= 15 is 0 Å². The lowest BCUT2D eigenvalue weighted by atomic mass is 10.0. The van der Waals surface area contributed by atoms with Crippen molar-refractivity contribution in [3.8, 4) is 11.5 Å². The first-order chi connectivity index (χ1) is 10.1. The van der Waals surface area contributed by atoms with Crippen molar-refractivity contribution in [2.45, 2.75) is 0 Å². The van der Waals surface area contributed by atoms with Gasteiger partial charge in [-0.2, -0.15) is 0 Å². The number of carboxylic acids is 1. The van der Waals surface area contributed by atoms with Crippen molar-refractivity contribution in [2.24, 2.45) is 0 Å². The predicted octanol–water partition coefficient (Wildman–Crippen LogP) is 2.71. The second kappa shape index (κ2) is 4.79. The molecule has 0 aliphatic carbocycles. The van der Waals surface area contributed by atoms with Crippen molar-refractivity contribution in [2.75, 3.05) is 0 Å². The van der Waals surface area contributed by atoms with Gasteiger partial charge in [-0.1, -0.05) is 18.2 Å². The zero-order valence-corrected chi connectivity index (χ0v) is 10.7. The van der Waals surface area contributed by atoms with Crippen LogP contribution in [0.2, 0.25) is 0 Å². The number of carboxylic acid groups (broad SMARTS) is 1. The van der Waals surface area contributed by atoms with Crippen LogP contribution >= 0.6 is 0 Å². The number of aromatic carboxylic acids is 1. The molecule has 0 fully saturated rings. The molecular weight excluding hydrogens is 272 g/mol. The number of benzene rings is 2. The molecule has 5 heteroatoms. The summed E-state index contributed by atoms with van der Waals surface area (Å²) in [6.45, 7) is 0. The highest BCUT2D eigenvalue weighted by Crippen LogP contribution is 2.34. The summed E-state index contributed by atoms with van der Waals surface area (Å²) in [7, 11) is 0. The minimum Gasteiger partial charge on any atom is -0.508 e. The monoisotopic (exact) mass is 282 g/mol. The zero-order chi connectivity index (χ0) is 15.0. The van der Waals surface area contributed by atoms with Crippen LogP contribution < -0.4 is 4.74 Å². The lowest BCUT2D eigenvalue weighted by Crippen LogP contribution is -2.02. The van der Waals surface area contributed by atoms with E-state index in [0.717, 1.165) is 0 Å². The van der Waals surface area contributed by atoms with E-state index in [1.807, 2.05) is 0 Å². The van der Waals surface area contributed by atoms with Gasteiger partial charge in [0.1, 0.15) is 11.5 Å². The zero-order valence-electron chi connectivity index (χ0n) is 10.7. The Morgan fingerprint density at radius 1 is 1.14 bits per heavy atom. The lowest BCUT2D eigenvalue weighted by molar-refractivity contribution is 0.0696. The van der Waals surface area contributed by atoms with Crippen molar-refractivity contribution in [3.05, 3.63) is 64.9 Å². The minimum absolute atomic E-state index is 0.00580. The smallest absolute Gasteiger partial charge is 0.336 e. The molecule has 1 aliphatic rings. The first kappa shape index (κ1) is 12.9. The quantitative estimate of drug-likeness (QED) is 0.827. The largest absolute Gasteiger partial charge is 0.508 e. The first-order valence-corrected chi connectivity index (χ1v) is 6.16. The Morgan fingerprint density at radius 3 is 2.67 bits per heavy atom. The van der Waals surface area contributed by atoms with Gasteiger partial charge in [0, 0.05) is 6.07 Å². The average molecular weight is 282 g/mol. The number of carbonyl (C=O) groups excluding carboxylic acids is 1. The third-order valence-corrected chi connectivity index (χ3v) is 3.13. The number of ketones is 1. The van der Waals surface area contributed by atoms with Gasteiger partial charge in [0.2, 0.25) is 5.78 Å². The van der Waals surface area contributed by atoms with Crippen molar-refractivity contribution in [3.63, 3.8) is 0 Å². The molecule has 0 amide bonds. The van der Waals surface area contributed by atoms with Gasteiger partial charge in [-0.25, -0.2) is 4.79 Å². The number of allylic oxidation sites excluding steroid dienone is 1. The van der Waals surface area contributed by atoms with Gasteiger partial charge in [0.15, 0.2) is 5.76 Å². The van der Waals surface area contributed by atoms with Crippen LogP contribution in [0, 0.1) is 0 Å².